The average Bonchev–Trinajstić information content (AvgIpc) is 2.85. The van der Waals surface area contributed by atoms with Crippen molar-refractivity contribution in [2.24, 2.45) is 0 Å². The van der Waals surface area contributed by atoms with E-state index in [4.69, 9.17) is 4.74 Å². The Balaban J connectivity index is 1.74. The molecule has 0 aliphatic carbocycles. The van der Waals surface area contributed by atoms with E-state index in [1.54, 1.807) is 6.20 Å². The third-order valence-electron chi connectivity index (χ3n) is 2.70. The molecule has 3 aromatic rings. The SMILES string of the molecule is Brc1ccc(COc2ccc3[nH]ccc3c2)nc1. The molecule has 0 radical (unpaired) electrons. The number of hydrogen-bond acceptors (Lipinski definition) is 2. The number of hydrogen-bond donors (Lipinski definition) is 1. The molecule has 3 rings (SSSR count). The quantitative estimate of drug-likeness (QED) is 0.796. The van der Waals surface area contributed by atoms with Crippen LogP contribution >= 0.6 is 15.9 Å². The van der Waals surface area contributed by atoms with Gasteiger partial charge >= 0.3 is 0 Å². The average molecular weight is 303 g/mol. The van der Waals surface area contributed by atoms with Gasteiger partial charge in [0.1, 0.15) is 12.4 Å². The number of halogens is 1. The maximum Gasteiger partial charge on any atom is 0.130 e. The summed E-state index contributed by atoms with van der Waals surface area (Å²) in [6.45, 7) is 0.475. The number of aromatic nitrogens is 2. The van der Waals surface area contributed by atoms with Crippen LogP contribution in [-0.4, -0.2) is 9.97 Å². The van der Waals surface area contributed by atoms with Crippen molar-refractivity contribution < 1.29 is 4.74 Å². The Morgan fingerprint density at radius 2 is 2.11 bits per heavy atom. The van der Waals surface area contributed by atoms with Gasteiger partial charge in [0.2, 0.25) is 0 Å². The predicted molar refractivity (Wildman–Crippen MR) is 74.6 cm³/mol. The fraction of sp³-hybridized carbons (Fsp3) is 0.0714. The number of H-pyrrole nitrogens is 1. The molecule has 1 N–H and O–H groups in total. The van der Waals surface area contributed by atoms with Crippen LogP contribution in [0.25, 0.3) is 10.9 Å². The van der Waals surface area contributed by atoms with Crippen molar-refractivity contribution in [3.8, 4) is 5.75 Å². The lowest BCUT2D eigenvalue weighted by atomic mass is 10.2. The lowest BCUT2D eigenvalue weighted by molar-refractivity contribution is 0.301. The van der Waals surface area contributed by atoms with Gasteiger partial charge < -0.3 is 9.72 Å². The standard InChI is InChI=1S/C14H11BrN2O/c15-11-1-2-12(17-8-11)9-18-13-3-4-14-10(7-13)5-6-16-14/h1-8,16H,9H2. The molecule has 0 atom stereocenters. The van der Waals surface area contributed by atoms with E-state index in [1.807, 2.05) is 42.6 Å². The van der Waals surface area contributed by atoms with Gasteiger partial charge in [-0.3, -0.25) is 4.98 Å². The fourth-order valence-electron chi connectivity index (χ4n) is 1.77. The highest BCUT2D eigenvalue weighted by molar-refractivity contribution is 9.10. The molecule has 4 heteroatoms. The van der Waals surface area contributed by atoms with Gasteiger partial charge in [0.05, 0.1) is 5.69 Å². The van der Waals surface area contributed by atoms with Crippen molar-refractivity contribution in [2.75, 3.05) is 0 Å². The molecular weight excluding hydrogens is 292 g/mol. The number of fused-ring (bicyclic) bond motifs is 1. The topological polar surface area (TPSA) is 37.9 Å². The lowest BCUT2D eigenvalue weighted by Crippen LogP contribution is -1.97. The van der Waals surface area contributed by atoms with Crippen LogP contribution in [0.1, 0.15) is 5.69 Å². The van der Waals surface area contributed by atoms with Gasteiger partial charge in [-0.1, -0.05) is 0 Å². The van der Waals surface area contributed by atoms with E-state index in [-0.39, 0.29) is 0 Å². The molecular formula is C14H11BrN2O. The Hall–Kier alpha value is -1.81. The summed E-state index contributed by atoms with van der Waals surface area (Å²) in [4.78, 5) is 7.42. The zero-order valence-electron chi connectivity index (χ0n) is 9.56. The normalized spacial score (nSPS) is 10.7. The maximum absolute atomic E-state index is 5.72. The van der Waals surface area contributed by atoms with Crippen molar-refractivity contribution >= 4 is 26.8 Å². The first-order valence-electron chi connectivity index (χ1n) is 5.62. The predicted octanol–water partition coefficient (Wildman–Crippen LogP) is 3.90. The first-order chi connectivity index (χ1) is 8.81. The minimum Gasteiger partial charge on any atom is -0.487 e. The molecule has 0 spiro atoms. The number of pyridine rings is 1. The molecule has 90 valence electrons. The maximum atomic E-state index is 5.72. The second kappa shape index (κ2) is 4.82. The van der Waals surface area contributed by atoms with Crippen molar-refractivity contribution in [2.45, 2.75) is 6.61 Å². The summed E-state index contributed by atoms with van der Waals surface area (Å²) in [6.07, 6.45) is 3.69. The molecule has 2 aromatic heterocycles. The van der Waals surface area contributed by atoms with Gasteiger partial charge in [-0.2, -0.15) is 0 Å². The van der Waals surface area contributed by atoms with Crippen molar-refractivity contribution in [3.05, 3.63) is 59.0 Å². The minimum atomic E-state index is 0.475. The second-order valence-corrected chi connectivity index (χ2v) is 4.90. The molecule has 0 fully saturated rings. The molecule has 0 saturated carbocycles. The highest BCUT2D eigenvalue weighted by Crippen LogP contribution is 2.20. The van der Waals surface area contributed by atoms with Crippen molar-refractivity contribution in [1.82, 2.24) is 9.97 Å². The number of benzene rings is 1. The molecule has 0 bridgehead atoms. The highest BCUT2D eigenvalue weighted by Gasteiger charge is 2.00. The Bertz CT molecular complexity index is 661. The molecule has 0 amide bonds. The van der Waals surface area contributed by atoms with E-state index in [0.29, 0.717) is 6.61 Å². The zero-order chi connectivity index (χ0) is 12.4. The van der Waals surface area contributed by atoms with Crippen LogP contribution in [0.5, 0.6) is 5.75 Å². The fourth-order valence-corrected chi connectivity index (χ4v) is 2.00. The first-order valence-corrected chi connectivity index (χ1v) is 6.41. The molecule has 3 nitrogen and oxygen atoms in total. The van der Waals surface area contributed by atoms with E-state index in [1.165, 1.54) is 0 Å². The first kappa shape index (κ1) is 11.3. The Labute approximate surface area is 113 Å². The Kier molecular flexibility index (Phi) is 3.02. The number of nitrogens with one attached hydrogen (secondary N) is 1. The van der Waals surface area contributed by atoms with Crippen LogP contribution in [0.3, 0.4) is 0 Å². The molecule has 1 aromatic carbocycles. The smallest absolute Gasteiger partial charge is 0.130 e. The van der Waals surface area contributed by atoms with E-state index < -0.39 is 0 Å². The van der Waals surface area contributed by atoms with Crippen LogP contribution in [0.2, 0.25) is 0 Å². The molecule has 18 heavy (non-hydrogen) atoms. The monoisotopic (exact) mass is 302 g/mol. The van der Waals surface area contributed by atoms with Crippen LogP contribution in [-0.2, 0) is 6.61 Å². The lowest BCUT2D eigenvalue weighted by Gasteiger charge is -2.05. The van der Waals surface area contributed by atoms with Gasteiger partial charge in [0.25, 0.3) is 0 Å². The number of ether oxygens (including phenoxy) is 1. The van der Waals surface area contributed by atoms with Crippen molar-refractivity contribution in [3.63, 3.8) is 0 Å². The van der Waals surface area contributed by atoms with Gasteiger partial charge in [-0.15, -0.1) is 0 Å². The third kappa shape index (κ3) is 2.38. The van der Waals surface area contributed by atoms with Gasteiger partial charge in [-0.05, 0) is 52.3 Å². The van der Waals surface area contributed by atoms with E-state index >= 15 is 0 Å². The minimum absolute atomic E-state index is 0.475. The second-order valence-electron chi connectivity index (χ2n) is 3.98. The van der Waals surface area contributed by atoms with Gasteiger partial charge in [0, 0.05) is 27.8 Å². The number of nitrogens with zero attached hydrogens (tertiary/aromatic N) is 1. The molecule has 0 aliphatic heterocycles. The summed E-state index contributed by atoms with van der Waals surface area (Å²) in [5, 5.41) is 1.15. The number of rotatable bonds is 3. The van der Waals surface area contributed by atoms with Gasteiger partial charge in [0.15, 0.2) is 0 Å². The zero-order valence-corrected chi connectivity index (χ0v) is 11.1. The molecule has 0 saturated heterocycles. The third-order valence-corrected chi connectivity index (χ3v) is 3.17. The highest BCUT2D eigenvalue weighted by atomic mass is 79.9. The van der Waals surface area contributed by atoms with Crippen LogP contribution < -0.4 is 4.74 Å². The largest absolute Gasteiger partial charge is 0.487 e. The summed E-state index contributed by atoms with van der Waals surface area (Å²) >= 11 is 3.36. The Morgan fingerprint density at radius 3 is 2.94 bits per heavy atom. The van der Waals surface area contributed by atoms with Crippen molar-refractivity contribution in [1.29, 1.82) is 0 Å². The summed E-state index contributed by atoms with van der Waals surface area (Å²) in [5.74, 6) is 0.854. The van der Waals surface area contributed by atoms with E-state index in [2.05, 4.69) is 25.9 Å². The molecule has 2 heterocycles. The van der Waals surface area contributed by atoms with Crippen LogP contribution in [0, 0.1) is 0 Å². The van der Waals surface area contributed by atoms with Crippen LogP contribution in [0.15, 0.2) is 53.3 Å². The van der Waals surface area contributed by atoms with E-state index in [9.17, 15) is 0 Å². The van der Waals surface area contributed by atoms with E-state index in [0.717, 1.165) is 26.8 Å². The summed E-state index contributed by atoms with van der Waals surface area (Å²) in [6, 6.07) is 11.9. The number of aromatic amines is 1. The summed E-state index contributed by atoms with van der Waals surface area (Å²) in [5.41, 5.74) is 2.02. The van der Waals surface area contributed by atoms with Gasteiger partial charge in [-0.25, -0.2) is 0 Å². The summed E-state index contributed by atoms with van der Waals surface area (Å²) in [7, 11) is 0. The molecule has 0 unspecified atom stereocenters. The molecule has 0 aliphatic rings. The Morgan fingerprint density at radius 1 is 1.17 bits per heavy atom. The van der Waals surface area contributed by atoms with Crippen LogP contribution in [0.4, 0.5) is 0 Å². The summed E-state index contributed by atoms with van der Waals surface area (Å²) < 4.78 is 6.69.